The van der Waals surface area contributed by atoms with Crippen molar-refractivity contribution >= 4 is 34.4 Å². The second kappa shape index (κ2) is 8.95. The second-order valence-corrected chi connectivity index (χ2v) is 8.32. The van der Waals surface area contributed by atoms with E-state index in [4.69, 9.17) is 16.0 Å². The molecule has 38 heavy (non-hydrogen) atoms. The van der Waals surface area contributed by atoms with E-state index in [1.807, 2.05) is 0 Å². The van der Waals surface area contributed by atoms with Crippen molar-refractivity contribution in [2.24, 2.45) is 0 Å². The number of carboxylic acid groups (broad SMARTS) is 1. The van der Waals surface area contributed by atoms with Crippen molar-refractivity contribution in [3.8, 4) is 22.7 Å². The molecule has 0 spiro atoms. The molecule has 0 fully saturated rings. The van der Waals surface area contributed by atoms with E-state index in [0.717, 1.165) is 30.3 Å². The van der Waals surface area contributed by atoms with Crippen molar-refractivity contribution < 1.29 is 36.7 Å². The van der Waals surface area contributed by atoms with Crippen LogP contribution in [0.25, 0.3) is 33.6 Å². The van der Waals surface area contributed by atoms with Crippen LogP contribution < -0.4 is 5.76 Å². The van der Waals surface area contributed by atoms with Crippen molar-refractivity contribution in [1.82, 2.24) is 20.0 Å². The van der Waals surface area contributed by atoms with Gasteiger partial charge < -0.3 is 9.52 Å². The van der Waals surface area contributed by atoms with Gasteiger partial charge in [0.25, 0.3) is 5.91 Å². The molecule has 0 saturated heterocycles. The second-order valence-electron chi connectivity index (χ2n) is 7.91. The Labute approximate surface area is 212 Å². The van der Waals surface area contributed by atoms with Crippen molar-refractivity contribution in [2.45, 2.75) is 6.18 Å². The van der Waals surface area contributed by atoms with Gasteiger partial charge in [-0.25, -0.2) is 19.1 Å². The normalized spacial score (nSPS) is 11.7. The maximum Gasteiger partial charge on any atom is 0.434 e. The van der Waals surface area contributed by atoms with Crippen LogP contribution in [0.1, 0.15) is 26.3 Å². The molecule has 0 atom stereocenters. The highest BCUT2D eigenvalue weighted by Gasteiger charge is 2.37. The lowest BCUT2D eigenvalue weighted by Gasteiger charge is -2.13. The summed E-state index contributed by atoms with van der Waals surface area (Å²) in [6.45, 7) is 0. The van der Waals surface area contributed by atoms with E-state index in [-0.39, 0.29) is 33.6 Å². The molecule has 5 aromatic rings. The number of benzene rings is 3. The SMILES string of the molecule is O=C(O)c1cc(F)cc(-c2nn(C(=O)c3c(Cl)cccc3C(F)(F)F)c3cc(-c4n[nH]c(=O)o4)ccc23)c1. The van der Waals surface area contributed by atoms with Crippen LogP contribution in [-0.2, 0) is 6.18 Å². The summed E-state index contributed by atoms with van der Waals surface area (Å²) in [5, 5.41) is 18.9. The molecular weight excluding hydrogens is 536 g/mol. The van der Waals surface area contributed by atoms with E-state index in [2.05, 4.69) is 15.3 Å². The monoisotopic (exact) mass is 546 g/mol. The average Bonchev–Trinajstić information content (AvgIpc) is 3.46. The van der Waals surface area contributed by atoms with Crippen molar-refractivity contribution in [3.05, 3.63) is 92.7 Å². The molecular formula is C24H11ClF4N4O5. The van der Waals surface area contributed by atoms with Gasteiger partial charge in [-0.1, -0.05) is 17.7 Å². The number of halogens is 5. The van der Waals surface area contributed by atoms with Crippen LogP contribution in [0.15, 0.2) is 63.8 Å². The number of fused-ring (bicyclic) bond motifs is 1. The average molecular weight is 547 g/mol. The van der Waals surface area contributed by atoms with Gasteiger partial charge in [0.1, 0.15) is 11.5 Å². The molecule has 0 amide bonds. The lowest BCUT2D eigenvalue weighted by molar-refractivity contribution is -0.137. The topological polar surface area (TPSA) is 131 Å². The summed E-state index contributed by atoms with van der Waals surface area (Å²) in [5.41, 5.74) is -2.72. The van der Waals surface area contributed by atoms with Crippen molar-refractivity contribution in [2.75, 3.05) is 0 Å². The molecule has 0 aliphatic heterocycles. The number of aromatic amines is 1. The first-order valence-electron chi connectivity index (χ1n) is 10.5. The Morgan fingerprint density at radius 3 is 2.47 bits per heavy atom. The number of alkyl halides is 3. The number of aromatic carboxylic acids is 1. The molecule has 9 nitrogen and oxygen atoms in total. The Kier molecular flexibility index (Phi) is 5.87. The summed E-state index contributed by atoms with van der Waals surface area (Å²) in [4.78, 5) is 36.4. The quantitative estimate of drug-likeness (QED) is 0.295. The summed E-state index contributed by atoms with van der Waals surface area (Å²) < 4.78 is 61.1. The van der Waals surface area contributed by atoms with Crippen LogP contribution in [0.4, 0.5) is 17.6 Å². The van der Waals surface area contributed by atoms with Crippen molar-refractivity contribution in [1.29, 1.82) is 0 Å². The van der Waals surface area contributed by atoms with Gasteiger partial charge in [-0.05, 0) is 48.5 Å². The minimum Gasteiger partial charge on any atom is -0.478 e. The minimum absolute atomic E-state index is 0.0618. The zero-order valence-corrected chi connectivity index (χ0v) is 19.3. The van der Waals surface area contributed by atoms with Gasteiger partial charge >= 0.3 is 17.9 Å². The lowest BCUT2D eigenvalue weighted by atomic mass is 10.0. The van der Waals surface area contributed by atoms with E-state index < -0.39 is 51.3 Å². The number of aromatic nitrogens is 4. The van der Waals surface area contributed by atoms with Gasteiger partial charge in [0.15, 0.2) is 0 Å². The Bertz CT molecular complexity index is 1820. The molecule has 5 rings (SSSR count). The summed E-state index contributed by atoms with van der Waals surface area (Å²) in [6.07, 6.45) is -4.94. The fourth-order valence-electron chi connectivity index (χ4n) is 3.90. The number of carbonyl (C=O) groups is 2. The summed E-state index contributed by atoms with van der Waals surface area (Å²) in [6, 6.07) is 9.71. The standard InChI is InChI=1S/C24H11ClF4N4O5/c25-16-3-1-2-15(24(27,28)29)18(16)21(34)33-17-9-10(20-30-31-23(37)38-20)4-5-14(17)19(32-33)11-6-12(22(35)36)8-13(26)7-11/h1-9H,(H,31,37)(H,35,36). The summed E-state index contributed by atoms with van der Waals surface area (Å²) in [5.74, 6) is -4.69. The van der Waals surface area contributed by atoms with Crippen LogP contribution in [0.2, 0.25) is 5.02 Å². The summed E-state index contributed by atoms with van der Waals surface area (Å²) in [7, 11) is 0. The van der Waals surface area contributed by atoms with E-state index in [1.165, 1.54) is 18.2 Å². The van der Waals surface area contributed by atoms with E-state index >= 15 is 0 Å². The number of hydrogen-bond acceptors (Lipinski definition) is 6. The number of carbonyl (C=O) groups excluding carboxylic acids is 1. The van der Waals surface area contributed by atoms with Gasteiger partial charge in [-0.3, -0.25) is 4.79 Å². The Morgan fingerprint density at radius 1 is 1.05 bits per heavy atom. The fraction of sp³-hybridized carbons (Fsp3) is 0.0417. The molecule has 0 bridgehead atoms. The molecule has 0 radical (unpaired) electrons. The first-order chi connectivity index (χ1) is 17.9. The number of rotatable bonds is 4. The van der Waals surface area contributed by atoms with Crippen LogP contribution in [0.5, 0.6) is 0 Å². The number of nitrogens with zero attached hydrogens (tertiary/aromatic N) is 3. The van der Waals surface area contributed by atoms with Gasteiger partial charge in [0.2, 0.25) is 5.89 Å². The molecule has 14 heteroatoms. The molecule has 2 heterocycles. The number of carboxylic acids is 1. The Morgan fingerprint density at radius 2 is 1.82 bits per heavy atom. The molecule has 2 N–H and O–H groups in total. The molecule has 192 valence electrons. The molecule has 0 aliphatic rings. The van der Waals surface area contributed by atoms with Gasteiger partial charge in [-0.15, -0.1) is 5.10 Å². The first kappa shape index (κ1) is 24.9. The Hall–Kier alpha value is -4.78. The van der Waals surface area contributed by atoms with E-state index in [1.54, 1.807) is 0 Å². The third-order valence-electron chi connectivity index (χ3n) is 5.51. The van der Waals surface area contributed by atoms with Crippen LogP contribution in [0, 0.1) is 5.82 Å². The van der Waals surface area contributed by atoms with Gasteiger partial charge in [-0.2, -0.15) is 23.0 Å². The predicted molar refractivity (Wildman–Crippen MR) is 124 cm³/mol. The molecule has 0 aliphatic carbocycles. The summed E-state index contributed by atoms with van der Waals surface area (Å²) >= 11 is 6.02. The maximum absolute atomic E-state index is 14.3. The molecule has 3 aromatic carbocycles. The number of H-pyrrole nitrogens is 1. The minimum atomic E-state index is -4.94. The highest BCUT2D eigenvalue weighted by molar-refractivity contribution is 6.34. The van der Waals surface area contributed by atoms with Gasteiger partial charge in [0.05, 0.1) is 27.2 Å². The van der Waals surface area contributed by atoms with Crippen LogP contribution >= 0.6 is 11.6 Å². The van der Waals surface area contributed by atoms with Crippen LogP contribution in [-0.4, -0.2) is 37.0 Å². The highest BCUT2D eigenvalue weighted by Crippen LogP contribution is 2.37. The van der Waals surface area contributed by atoms with Crippen molar-refractivity contribution in [3.63, 3.8) is 0 Å². The highest BCUT2D eigenvalue weighted by atomic mass is 35.5. The zero-order chi connectivity index (χ0) is 27.4. The molecule has 0 unspecified atom stereocenters. The maximum atomic E-state index is 14.3. The number of nitrogens with one attached hydrogen (secondary N) is 1. The van der Waals surface area contributed by atoms with Crippen LogP contribution in [0.3, 0.4) is 0 Å². The largest absolute Gasteiger partial charge is 0.478 e. The van der Waals surface area contributed by atoms with E-state index in [9.17, 15) is 37.1 Å². The van der Waals surface area contributed by atoms with E-state index in [0.29, 0.717) is 10.7 Å². The smallest absolute Gasteiger partial charge is 0.434 e. The third kappa shape index (κ3) is 4.32. The molecule has 2 aromatic heterocycles. The first-order valence-corrected chi connectivity index (χ1v) is 10.8. The zero-order valence-electron chi connectivity index (χ0n) is 18.5. The Balaban J connectivity index is 1.81. The van der Waals surface area contributed by atoms with Gasteiger partial charge in [0, 0.05) is 16.5 Å². The predicted octanol–water partition coefficient (Wildman–Crippen LogP) is 5.24. The number of hydrogen-bond donors (Lipinski definition) is 2. The lowest BCUT2D eigenvalue weighted by Crippen LogP contribution is -2.20. The fourth-order valence-corrected chi connectivity index (χ4v) is 4.16. The molecule has 0 saturated carbocycles. The third-order valence-corrected chi connectivity index (χ3v) is 5.82.